The zero-order chi connectivity index (χ0) is 19.7. The Morgan fingerprint density at radius 3 is 2.39 bits per heavy atom. The van der Waals surface area contributed by atoms with E-state index in [9.17, 15) is 9.59 Å². The fraction of sp³-hybridized carbons (Fsp3) is 0.500. The van der Waals surface area contributed by atoms with Crippen molar-refractivity contribution in [3.8, 4) is 0 Å². The predicted molar refractivity (Wildman–Crippen MR) is 105 cm³/mol. The number of carbonyl (C=O) groups is 2. The van der Waals surface area contributed by atoms with Crippen LogP contribution in [0.4, 0.5) is 0 Å². The number of aromatic nitrogens is 1. The summed E-state index contributed by atoms with van der Waals surface area (Å²) in [6, 6.07) is 10.3. The van der Waals surface area contributed by atoms with E-state index in [1.807, 2.05) is 41.8 Å². The molecule has 0 radical (unpaired) electrons. The van der Waals surface area contributed by atoms with Crippen LogP contribution in [0.1, 0.15) is 41.3 Å². The molecule has 2 unspecified atom stereocenters. The Morgan fingerprint density at radius 2 is 1.75 bits per heavy atom. The first kappa shape index (κ1) is 18.7. The fourth-order valence-electron chi connectivity index (χ4n) is 4.20. The number of hydrogen-bond acceptors (Lipinski definition) is 4. The van der Waals surface area contributed by atoms with Crippen molar-refractivity contribution < 1.29 is 14.1 Å². The first-order valence-electron chi connectivity index (χ1n) is 10.1. The summed E-state index contributed by atoms with van der Waals surface area (Å²) in [4.78, 5) is 29.1. The van der Waals surface area contributed by atoms with E-state index in [2.05, 4.69) is 17.3 Å². The molecule has 2 fully saturated rings. The van der Waals surface area contributed by atoms with Gasteiger partial charge in [-0.15, -0.1) is 0 Å². The molecule has 2 aromatic rings. The van der Waals surface area contributed by atoms with Gasteiger partial charge in [0.1, 0.15) is 5.76 Å². The molecule has 1 aromatic heterocycles. The first-order chi connectivity index (χ1) is 13.5. The van der Waals surface area contributed by atoms with E-state index < -0.39 is 0 Å². The van der Waals surface area contributed by atoms with Crippen molar-refractivity contribution in [2.24, 2.45) is 5.92 Å². The van der Waals surface area contributed by atoms with E-state index in [1.54, 1.807) is 0 Å². The summed E-state index contributed by atoms with van der Waals surface area (Å²) in [5.74, 6) is 1.66. The average Bonchev–Trinajstić information content (AvgIpc) is 3.47. The highest BCUT2D eigenvalue weighted by Crippen LogP contribution is 2.48. The van der Waals surface area contributed by atoms with Crippen molar-refractivity contribution in [2.75, 3.05) is 26.2 Å². The zero-order valence-corrected chi connectivity index (χ0v) is 16.6. The highest BCUT2D eigenvalue weighted by Gasteiger charge is 2.46. The number of benzene rings is 1. The van der Waals surface area contributed by atoms with E-state index in [0.29, 0.717) is 44.9 Å². The van der Waals surface area contributed by atoms with Gasteiger partial charge in [0.2, 0.25) is 11.8 Å². The molecule has 1 aromatic carbocycles. The lowest BCUT2D eigenvalue weighted by Crippen LogP contribution is -2.51. The molecule has 4 rings (SSSR count). The number of rotatable bonds is 5. The van der Waals surface area contributed by atoms with Crippen molar-refractivity contribution in [3.05, 3.63) is 52.9 Å². The van der Waals surface area contributed by atoms with E-state index in [4.69, 9.17) is 4.52 Å². The number of amides is 2. The Hall–Kier alpha value is -2.63. The Labute approximate surface area is 165 Å². The molecular formula is C22H27N3O3. The summed E-state index contributed by atoms with van der Waals surface area (Å²) in [6.45, 7) is 6.29. The second-order valence-electron chi connectivity index (χ2n) is 7.87. The molecule has 6 heteroatoms. The molecule has 148 valence electrons. The summed E-state index contributed by atoms with van der Waals surface area (Å²) >= 11 is 0. The van der Waals surface area contributed by atoms with Gasteiger partial charge in [-0.05, 0) is 38.2 Å². The molecule has 2 heterocycles. The van der Waals surface area contributed by atoms with E-state index >= 15 is 0 Å². The number of piperazine rings is 1. The Morgan fingerprint density at radius 1 is 1.07 bits per heavy atom. The zero-order valence-electron chi connectivity index (χ0n) is 16.6. The van der Waals surface area contributed by atoms with E-state index in [0.717, 1.165) is 23.4 Å². The molecule has 0 N–H and O–H groups in total. The lowest BCUT2D eigenvalue weighted by Gasteiger charge is -2.35. The van der Waals surface area contributed by atoms with Crippen LogP contribution in [-0.4, -0.2) is 52.9 Å². The van der Waals surface area contributed by atoms with Crippen molar-refractivity contribution in [1.29, 1.82) is 0 Å². The summed E-state index contributed by atoms with van der Waals surface area (Å²) < 4.78 is 5.16. The van der Waals surface area contributed by atoms with E-state index in [-0.39, 0.29) is 17.7 Å². The third-order valence-electron chi connectivity index (χ3n) is 6.05. The van der Waals surface area contributed by atoms with Crippen LogP contribution < -0.4 is 0 Å². The van der Waals surface area contributed by atoms with Crippen LogP contribution in [0.2, 0.25) is 0 Å². The van der Waals surface area contributed by atoms with Gasteiger partial charge in [-0.2, -0.15) is 0 Å². The summed E-state index contributed by atoms with van der Waals surface area (Å²) in [7, 11) is 0. The Kier molecular flexibility index (Phi) is 5.20. The minimum absolute atomic E-state index is 0.115. The molecular weight excluding hydrogens is 354 g/mol. The van der Waals surface area contributed by atoms with Gasteiger partial charge in [-0.25, -0.2) is 0 Å². The number of carbonyl (C=O) groups excluding carboxylic acids is 2. The van der Waals surface area contributed by atoms with Gasteiger partial charge in [0, 0.05) is 44.1 Å². The van der Waals surface area contributed by atoms with Crippen LogP contribution in [0.15, 0.2) is 34.9 Å². The Bertz CT molecular complexity index is 834. The van der Waals surface area contributed by atoms with Gasteiger partial charge in [0.25, 0.3) is 0 Å². The standard InChI is InChI=1S/C22H27N3O3/c1-15-18(16(2)28-23-15)8-9-21(26)24-10-12-25(13-11-24)22(27)20-14-19(20)17-6-4-3-5-7-17/h3-7,19-20H,8-14H2,1-2H3. The molecule has 1 aliphatic heterocycles. The van der Waals surface area contributed by atoms with Gasteiger partial charge >= 0.3 is 0 Å². The monoisotopic (exact) mass is 381 g/mol. The second-order valence-corrected chi connectivity index (χ2v) is 7.87. The smallest absolute Gasteiger partial charge is 0.226 e. The van der Waals surface area contributed by atoms with Crippen LogP contribution >= 0.6 is 0 Å². The second kappa shape index (κ2) is 7.78. The molecule has 2 aliphatic rings. The SMILES string of the molecule is Cc1noc(C)c1CCC(=O)N1CCN(C(=O)C2CC2c2ccccc2)CC1. The maximum absolute atomic E-state index is 12.8. The molecule has 1 saturated carbocycles. The van der Waals surface area contributed by atoms with Crippen LogP contribution in [0.5, 0.6) is 0 Å². The Balaban J connectivity index is 1.24. The molecule has 0 bridgehead atoms. The topological polar surface area (TPSA) is 66.7 Å². The first-order valence-corrected chi connectivity index (χ1v) is 10.1. The van der Waals surface area contributed by atoms with Gasteiger partial charge < -0.3 is 14.3 Å². The highest BCUT2D eigenvalue weighted by molar-refractivity contribution is 5.83. The molecule has 2 amide bonds. The lowest BCUT2D eigenvalue weighted by atomic mass is 10.1. The van der Waals surface area contributed by atoms with Gasteiger partial charge in [-0.1, -0.05) is 35.5 Å². The number of nitrogens with zero attached hydrogens (tertiary/aromatic N) is 3. The van der Waals surface area contributed by atoms with E-state index in [1.165, 1.54) is 5.56 Å². The molecule has 1 aliphatic carbocycles. The third kappa shape index (κ3) is 3.81. The van der Waals surface area contributed by atoms with Gasteiger partial charge in [0.05, 0.1) is 5.69 Å². The largest absolute Gasteiger partial charge is 0.361 e. The molecule has 2 atom stereocenters. The van der Waals surface area contributed by atoms with Crippen molar-refractivity contribution in [1.82, 2.24) is 15.0 Å². The normalized spacial score (nSPS) is 21.6. The quantitative estimate of drug-likeness (QED) is 0.799. The van der Waals surface area contributed by atoms with Gasteiger partial charge in [-0.3, -0.25) is 9.59 Å². The lowest BCUT2D eigenvalue weighted by molar-refractivity contribution is -0.140. The maximum atomic E-state index is 12.8. The average molecular weight is 381 g/mol. The van der Waals surface area contributed by atoms with Crippen LogP contribution in [0, 0.1) is 19.8 Å². The van der Waals surface area contributed by atoms with Crippen LogP contribution in [-0.2, 0) is 16.0 Å². The van der Waals surface area contributed by atoms with Gasteiger partial charge in [0.15, 0.2) is 0 Å². The predicted octanol–water partition coefficient (Wildman–Crippen LogP) is 2.70. The van der Waals surface area contributed by atoms with Crippen molar-refractivity contribution >= 4 is 11.8 Å². The van der Waals surface area contributed by atoms with Crippen LogP contribution in [0.3, 0.4) is 0 Å². The summed E-state index contributed by atoms with van der Waals surface area (Å²) in [5.41, 5.74) is 3.15. The summed E-state index contributed by atoms with van der Waals surface area (Å²) in [5, 5.41) is 3.94. The third-order valence-corrected chi connectivity index (χ3v) is 6.05. The molecule has 1 saturated heterocycles. The van der Waals surface area contributed by atoms with Crippen LogP contribution in [0.25, 0.3) is 0 Å². The number of hydrogen-bond donors (Lipinski definition) is 0. The fourth-order valence-corrected chi connectivity index (χ4v) is 4.20. The highest BCUT2D eigenvalue weighted by atomic mass is 16.5. The minimum atomic E-state index is 0.115. The summed E-state index contributed by atoms with van der Waals surface area (Å²) in [6.07, 6.45) is 2.05. The maximum Gasteiger partial charge on any atom is 0.226 e. The minimum Gasteiger partial charge on any atom is -0.361 e. The molecule has 6 nitrogen and oxygen atoms in total. The van der Waals surface area contributed by atoms with Crippen molar-refractivity contribution in [3.63, 3.8) is 0 Å². The van der Waals surface area contributed by atoms with Crippen molar-refractivity contribution in [2.45, 2.75) is 39.0 Å². The molecule has 0 spiro atoms. The number of aryl methyl sites for hydroxylation is 2. The molecule has 28 heavy (non-hydrogen) atoms.